The molecule has 1 aliphatic rings. The van der Waals surface area contributed by atoms with E-state index in [4.69, 9.17) is 5.73 Å². The van der Waals surface area contributed by atoms with Crippen LogP contribution in [0.4, 0.5) is 19.0 Å². The van der Waals surface area contributed by atoms with Gasteiger partial charge in [-0.05, 0) is 29.8 Å². The number of primary amides is 1. The number of halogens is 3. The van der Waals surface area contributed by atoms with Crippen LogP contribution in [0.15, 0.2) is 48.8 Å². The fourth-order valence-electron chi connectivity index (χ4n) is 3.68. The maximum atomic E-state index is 12.8. The molecular weight excluding hydrogens is 383 g/mol. The second-order valence-corrected chi connectivity index (χ2v) is 6.92. The monoisotopic (exact) mass is 401 g/mol. The summed E-state index contributed by atoms with van der Waals surface area (Å²) in [5.74, 6) is -0.0734. The molecule has 0 radical (unpaired) electrons. The van der Waals surface area contributed by atoms with Crippen LogP contribution in [0.25, 0.3) is 10.9 Å². The van der Waals surface area contributed by atoms with Gasteiger partial charge in [0, 0.05) is 30.4 Å². The van der Waals surface area contributed by atoms with Crippen LogP contribution in [0.1, 0.15) is 27.4 Å². The van der Waals surface area contributed by atoms with E-state index in [1.807, 2.05) is 0 Å². The summed E-state index contributed by atoms with van der Waals surface area (Å²) in [5, 5.41) is 7.27. The third-order valence-electron chi connectivity index (χ3n) is 5.13. The lowest BCUT2D eigenvalue weighted by Gasteiger charge is -2.22. The number of carbonyl (C=O) groups excluding carboxylic acids is 1. The Labute approximate surface area is 164 Å². The zero-order chi connectivity index (χ0) is 20.6. The number of benzene rings is 2. The smallest absolute Gasteiger partial charge is 0.366 e. The highest BCUT2D eigenvalue weighted by molar-refractivity contribution is 6.06. The van der Waals surface area contributed by atoms with Gasteiger partial charge in [-0.1, -0.05) is 18.2 Å². The van der Waals surface area contributed by atoms with E-state index in [1.54, 1.807) is 18.2 Å². The minimum absolute atomic E-state index is 0.0402. The highest BCUT2D eigenvalue weighted by atomic mass is 19.4. The zero-order valence-electron chi connectivity index (χ0n) is 15.2. The average molecular weight is 401 g/mol. The zero-order valence-corrected chi connectivity index (χ0v) is 15.2. The van der Waals surface area contributed by atoms with Crippen LogP contribution in [-0.2, 0) is 6.18 Å². The second kappa shape index (κ2) is 7.32. The van der Waals surface area contributed by atoms with Gasteiger partial charge >= 0.3 is 6.18 Å². The van der Waals surface area contributed by atoms with E-state index in [0.717, 1.165) is 17.7 Å². The van der Waals surface area contributed by atoms with Gasteiger partial charge in [-0.3, -0.25) is 4.79 Å². The Balaban J connectivity index is 1.62. The number of carbonyl (C=O) groups is 1. The summed E-state index contributed by atoms with van der Waals surface area (Å²) in [7, 11) is 0. The molecule has 2 aromatic carbocycles. The molecule has 0 bridgehead atoms. The number of amides is 1. The number of aromatic nitrogens is 2. The molecule has 0 aliphatic carbocycles. The van der Waals surface area contributed by atoms with E-state index in [1.165, 1.54) is 18.5 Å². The fourth-order valence-corrected chi connectivity index (χ4v) is 3.68. The third-order valence-corrected chi connectivity index (χ3v) is 5.13. The molecule has 4 N–H and O–H groups in total. The molecule has 1 fully saturated rings. The molecule has 9 heteroatoms. The van der Waals surface area contributed by atoms with Gasteiger partial charge in [0.25, 0.3) is 5.91 Å². The third kappa shape index (κ3) is 3.73. The van der Waals surface area contributed by atoms with Crippen molar-refractivity contribution in [3.63, 3.8) is 0 Å². The lowest BCUT2D eigenvalue weighted by atomic mass is 9.93. The van der Waals surface area contributed by atoms with Crippen molar-refractivity contribution in [2.24, 2.45) is 5.73 Å². The number of nitrogens with zero attached hydrogens (tertiary/aromatic N) is 2. The van der Waals surface area contributed by atoms with E-state index in [9.17, 15) is 18.0 Å². The number of anilines is 1. The fraction of sp³-hybridized carbons (Fsp3) is 0.250. The van der Waals surface area contributed by atoms with Gasteiger partial charge in [-0.2, -0.15) is 13.2 Å². The number of rotatable bonds is 4. The number of nitrogens with one attached hydrogen (secondary N) is 2. The molecule has 2 atom stereocenters. The van der Waals surface area contributed by atoms with Crippen molar-refractivity contribution >= 4 is 22.6 Å². The SMILES string of the molecule is NC(=O)c1cccc2c(N[C@@H]3CNC[C@H]3c3ccc(C(F)(F)F)cc3)ncnc12. The van der Waals surface area contributed by atoms with Crippen LogP contribution in [-0.4, -0.2) is 35.0 Å². The van der Waals surface area contributed by atoms with Crippen molar-refractivity contribution in [3.05, 3.63) is 65.5 Å². The van der Waals surface area contributed by atoms with Crippen LogP contribution in [0.5, 0.6) is 0 Å². The van der Waals surface area contributed by atoms with E-state index in [2.05, 4.69) is 20.6 Å². The van der Waals surface area contributed by atoms with Gasteiger partial charge in [0.15, 0.2) is 0 Å². The minimum atomic E-state index is -4.36. The lowest BCUT2D eigenvalue weighted by Crippen LogP contribution is -2.28. The summed E-state index contributed by atoms with van der Waals surface area (Å²) in [6.45, 7) is 1.24. The predicted molar refractivity (Wildman–Crippen MR) is 103 cm³/mol. The van der Waals surface area contributed by atoms with E-state index in [-0.39, 0.29) is 12.0 Å². The summed E-state index contributed by atoms with van der Waals surface area (Å²) >= 11 is 0. The van der Waals surface area contributed by atoms with Crippen LogP contribution in [0.2, 0.25) is 0 Å². The van der Waals surface area contributed by atoms with E-state index in [0.29, 0.717) is 35.4 Å². The molecule has 29 heavy (non-hydrogen) atoms. The molecular formula is C20H18F3N5O. The largest absolute Gasteiger partial charge is 0.416 e. The molecule has 2 heterocycles. The first-order valence-corrected chi connectivity index (χ1v) is 9.02. The van der Waals surface area contributed by atoms with Crippen molar-refractivity contribution in [1.29, 1.82) is 0 Å². The molecule has 1 aliphatic heterocycles. The van der Waals surface area contributed by atoms with Crippen LogP contribution >= 0.6 is 0 Å². The van der Waals surface area contributed by atoms with Crippen LogP contribution in [0, 0.1) is 0 Å². The second-order valence-electron chi connectivity index (χ2n) is 6.92. The molecule has 3 aromatic rings. The predicted octanol–water partition coefficient (Wildman–Crippen LogP) is 2.92. The number of para-hydroxylation sites is 1. The molecule has 1 amide bonds. The van der Waals surface area contributed by atoms with Crippen LogP contribution < -0.4 is 16.4 Å². The average Bonchev–Trinajstić information content (AvgIpc) is 3.15. The Kier molecular flexibility index (Phi) is 4.83. The van der Waals surface area contributed by atoms with Crippen LogP contribution in [0.3, 0.4) is 0 Å². The Morgan fingerprint density at radius 2 is 1.86 bits per heavy atom. The molecule has 0 spiro atoms. The van der Waals surface area contributed by atoms with Gasteiger partial charge in [0.05, 0.1) is 16.6 Å². The molecule has 4 rings (SSSR count). The first-order valence-electron chi connectivity index (χ1n) is 9.02. The number of nitrogens with two attached hydrogens (primary N) is 1. The molecule has 0 unspecified atom stereocenters. The topological polar surface area (TPSA) is 92.9 Å². The van der Waals surface area contributed by atoms with Crippen molar-refractivity contribution in [3.8, 4) is 0 Å². The summed E-state index contributed by atoms with van der Waals surface area (Å²) < 4.78 is 38.5. The van der Waals surface area contributed by atoms with Crippen molar-refractivity contribution in [2.45, 2.75) is 18.1 Å². The highest BCUT2D eigenvalue weighted by Gasteiger charge is 2.32. The van der Waals surface area contributed by atoms with Crippen molar-refractivity contribution in [2.75, 3.05) is 18.4 Å². The standard InChI is InChI=1S/C20H18F3N5O/c21-20(22,23)12-6-4-11(5-7-12)15-8-25-9-16(15)28-19-14-3-1-2-13(18(24)29)17(14)26-10-27-19/h1-7,10,15-16,25H,8-9H2,(H2,24,29)(H,26,27,28)/t15-,16+/m0/s1. The van der Waals surface area contributed by atoms with E-state index < -0.39 is 17.6 Å². The number of hydrogen-bond donors (Lipinski definition) is 3. The number of fused-ring (bicyclic) bond motifs is 1. The van der Waals surface area contributed by atoms with Crippen molar-refractivity contribution in [1.82, 2.24) is 15.3 Å². The summed E-state index contributed by atoms with van der Waals surface area (Å²) in [5.41, 5.74) is 6.31. The highest BCUT2D eigenvalue weighted by Crippen LogP contribution is 2.32. The van der Waals surface area contributed by atoms with Crippen molar-refractivity contribution < 1.29 is 18.0 Å². The Morgan fingerprint density at radius 3 is 2.55 bits per heavy atom. The van der Waals surface area contributed by atoms with Gasteiger partial charge in [0.1, 0.15) is 12.1 Å². The van der Waals surface area contributed by atoms with Gasteiger partial charge < -0.3 is 16.4 Å². The van der Waals surface area contributed by atoms with Gasteiger partial charge in [0.2, 0.25) is 0 Å². The maximum Gasteiger partial charge on any atom is 0.416 e. The maximum absolute atomic E-state index is 12.8. The first kappa shape index (κ1) is 19.1. The molecule has 150 valence electrons. The first-order chi connectivity index (χ1) is 13.8. The molecule has 1 aromatic heterocycles. The quantitative estimate of drug-likeness (QED) is 0.625. The molecule has 6 nitrogen and oxygen atoms in total. The molecule has 1 saturated heterocycles. The Morgan fingerprint density at radius 1 is 1.10 bits per heavy atom. The lowest BCUT2D eigenvalue weighted by molar-refractivity contribution is -0.137. The van der Waals surface area contributed by atoms with E-state index >= 15 is 0 Å². The van der Waals surface area contributed by atoms with Gasteiger partial charge in [-0.25, -0.2) is 9.97 Å². The normalized spacial score (nSPS) is 19.4. The summed E-state index contributed by atoms with van der Waals surface area (Å²) in [6.07, 6.45) is -3.01. The Hall–Kier alpha value is -3.20. The molecule has 0 saturated carbocycles. The minimum Gasteiger partial charge on any atom is -0.366 e. The Bertz CT molecular complexity index is 1050. The summed E-state index contributed by atoms with van der Waals surface area (Å²) in [4.78, 5) is 20.1. The number of hydrogen-bond acceptors (Lipinski definition) is 5. The summed E-state index contributed by atoms with van der Waals surface area (Å²) in [6, 6.07) is 10.2. The van der Waals surface area contributed by atoms with Gasteiger partial charge in [-0.15, -0.1) is 0 Å². The number of alkyl halides is 3.